The van der Waals surface area contributed by atoms with Gasteiger partial charge in [0, 0.05) is 6.04 Å². The van der Waals surface area contributed by atoms with Crippen molar-refractivity contribution in [3.8, 4) is 0 Å². The van der Waals surface area contributed by atoms with Gasteiger partial charge in [-0.25, -0.2) is 4.79 Å². The van der Waals surface area contributed by atoms with Crippen molar-refractivity contribution >= 4 is 17.8 Å². The van der Waals surface area contributed by atoms with Crippen LogP contribution in [0.25, 0.3) is 0 Å². The summed E-state index contributed by atoms with van der Waals surface area (Å²) < 4.78 is 51.0. The number of amides is 1. The highest BCUT2D eigenvalue weighted by molar-refractivity contribution is 5.89. The average molecular weight is 526 g/mol. The first-order chi connectivity index (χ1) is 20.5. The number of carbonyl (C=O) groups is 3. The van der Waals surface area contributed by atoms with Crippen molar-refractivity contribution in [2.75, 3.05) is 6.61 Å². The third kappa shape index (κ3) is 7.01. The Labute approximate surface area is 232 Å². The summed E-state index contributed by atoms with van der Waals surface area (Å²) in [5.74, 6) is -1.16. The lowest BCUT2D eigenvalue weighted by atomic mass is 9.84. The normalized spacial score (nSPS) is 24.1. The number of nitrogens with zero attached hydrogens (tertiary/aromatic N) is 1. The van der Waals surface area contributed by atoms with E-state index in [9.17, 15) is 14.4 Å². The Balaban J connectivity index is 1.50. The molecule has 2 aromatic carbocycles. The monoisotopic (exact) mass is 525 g/mol. The van der Waals surface area contributed by atoms with Crippen LogP contribution < -0.4 is 5.32 Å². The first-order valence-corrected chi connectivity index (χ1v) is 13.6. The van der Waals surface area contributed by atoms with Crippen molar-refractivity contribution in [2.45, 2.75) is 89.6 Å². The van der Waals surface area contributed by atoms with Gasteiger partial charge in [-0.2, -0.15) is 0 Å². The van der Waals surface area contributed by atoms with Gasteiger partial charge in [-0.05, 0) is 63.0 Å². The van der Waals surface area contributed by atoms with E-state index in [4.69, 9.17) is 16.3 Å². The lowest BCUT2D eigenvalue weighted by molar-refractivity contribution is -0.157. The van der Waals surface area contributed by atoms with Crippen LogP contribution in [0.15, 0.2) is 60.5 Å². The topological polar surface area (TPSA) is 84.9 Å². The van der Waals surface area contributed by atoms with Crippen molar-refractivity contribution in [3.63, 3.8) is 0 Å². The molecule has 0 radical (unpaired) electrons. The summed E-state index contributed by atoms with van der Waals surface area (Å²) >= 11 is 0. The predicted octanol–water partition coefficient (Wildman–Crippen LogP) is 4.43. The van der Waals surface area contributed by atoms with Gasteiger partial charge in [0.25, 0.3) is 0 Å². The van der Waals surface area contributed by atoms with Crippen LogP contribution in [-0.4, -0.2) is 53.5 Å². The van der Waals surface area contributed by atoms with Crippen molar-refractivity contribution in [2.24, 2.45) is 5.92 Å². The highest BCUT2D eigenvalue weighted by Crippen LogP contribution is 2.40. The second kappa shape index (κ2) is 13.6. The fourth-order valence-corrected chi connectivity index (χ4v) is 5.61. The van der Waals surface area contributed by atoms with Gasteiger partial charge < -0.3 is 14.4 Å². The van der Waals surface area contributed by atoms with Gasteiger partial charge in [-0.1, -0.05) is 73.4 Å². The van der Waals surface area contributed by atoms with Crippen molar-refractivity contribution in [1.82, 2.24) is 10.2 Å². The Morgan fingerprint density at radius 3 is 2.53 bits per heavy atom. The number of fused-ring (bicyclic) bond motifs is 1. The molecule has 0 spiro atoms. The van der Waals surface area contributed by atoms with Crippen molar-refractivity contribution in [3.05, 3.63) is 71.7 Å². The summed E-state index contributed by atoms with van der Waals surface area (Å²) in [7, 11) is 0. The van der Waals surface area contributed by atoms with Crippen molar-refractivity contribution < 1.29 is 30.7 Å². The minimum Gasteiger partial charge on any atom is -0.465 e. The molecule has 0 aromatic heterocycles. The molecule has 1 aliphatic carbocycles. The molecular formula is C31H40N2O5. The molecule has 1 saturated carbocycles. The summed E-state index contributed by atoms with van der Waals surface area (Å²) in [5, 5.41) is 3.07. The summed E-state index contributed by atoms with van der Waals surface area (Å²) in [6.45, 7) is 3.53. The quantitative estimate of drug-likeness (QED) is 0.437. The zero-order valence-corrected chi connectivity index (χ0v) is 22.1. The molecular weight excluding hydrogens is 480 g/mol. The predicted molar refractivity (Wildman–Crippen MR) is 145 cm³/mol. The molecule has 1 aliphatic heterocycles. The van der Waals surface area contributed by atoms with E-state index in [1.165, 1.54) is 0 Å². The van der Waals surface area contributed by atoms with E-state index in [2.05, 4.69) is 5.32 Å². The molecule has 4 rings (SSSR count). The second-order valence-electron chi connectivity index (χ2n) is 10.0. The lowest BCUT2D eigenvalue weighted by Crippen LogP contribution is -2.56. The molecule has 1 N–H and O–H groups in total. The molecule has 7 nitrogen and oxygen atoms in total. The van der Waals surface area contributed by atoms with Crippen LogP contribution in [0, 0.1) is 5.92 Å². The van der Waals surface area contributed by atoms with Crippen LogP contribution in [0.3, 0.4) is 0 Å². The zero-order chi connectivity index (χ0) is 31.3. The number of likely N-dealkylation sites (tertiary alicyclic amines) is 1. The summed E-state index contributed by atoms with van der Waals surface area (Å²) in [4.78, 5) is 41.9. The number of ether oxygens (including phenoxy) is 2. The SMILES string of the molecule is [2H]c1c([2H])c([2H])c(CC[C@@H](N[C@@H](C)C(=O)N2[C@H](C(=O)OCc3ccccc3)C[C@H]3CCCC[C@@H]32)C(=O)OCC)c([2H])c1[2H]. The smallest absolute Gasteiger partial charge is 0.329 e. The number of hydrogen-bond donors (Lipinski definition) is 1. The van der Waals surface area contributed by atoms with Crippen LogP contribution >= 0.6 is 0 Å². The summed E-state index contributed by atoms with van der Waals surface area (Å²) in [5.41, 5.74) is 0.947. The number of esters is 2. The molecule has 1 heterocycles. The number of carbonyl (C=O) groups excluding carboxylic acids is 3. The molecule has 7 heteroatoms. The molecule has 2 aliphatic rings. The minimum absolute atomic E-state index is 0.00402. The second-order valence-corrected chi connectivity index (χ2v) is 10.0. The Morgan fingerprint density at radius 2 is 1.79 bits per heavy atom. The van der Waals surface area contributed by atoms with E-state index >= 15 is 0 Å². The summed E-state index contributed by atoms with van der Waals surface area (Å²) in [6.07, 6.45) is 4.31. The Bertz CT molecular complexity index is 1300. The fraction of sp³-hybridized carbons (Fsp3) is 0.516. The maximum atomic E-state index is 14.0. The third-order valence-electron chi connectivity index (χ3n) is 7.47. The van der Waals surface area contributed by atoms with Crippen LogP contribution in [0.2, 0.25) is 0 Å². The van der Waals surface area contributed by atoms with E-state index < -0.39 is 48.2 Å². The Morgan fingerprint density at radius 1 is 1.05 bits per heavy atom. The lowest BCUT2D eigenvalue weighted by Gasteiger charge is -2.35. The Hall–Kier alpha value is -3.19. The van der Waals surface area contributed by atoms with E-state index in [0.717, 1.165) is 31.2 Å². The maximum Gasteiger partial charge on any atom is 0.329 e. The molecule has 1 saturated heterocycles. The molecule has 204 valence electrons. The maximum absolute atomic E-state index is 14.0. The molecule has 2 aromatic rings. The van der Waals surface area contributed by atoms with Crippen LogP contribution in [0.5, 0.6) is 0 Å². The first kappa shape index (κ1) is 21.7. The van der Waals surface area contributed by atoms with Crippen LogP contribution in [-0.2, 0) is 36.9 Å². The molecule has 0 unspecified atom stereocenters. The van der Waals surface area contributed by atoms with Crippen molar-refractivity contribution in [1.29, 1.82) is 0 Å². The third-order valence-corrected chi connectivity index (χ3v) is 7.47. The molecule has 0 bridgehead atoms. The van der Waals surface area contributed by atoms with E-state index in [1.807, 2.05) is 30.3 Å². The van der Waals surface area contributed by atoms with Crippen LogP contribution in [0.1, 0.15) is 70.4 Å². The number of rotatable bonds is 11. The van der Waals surface area contributed by atoms with E-state index in [0.29, 0.717) is 6.42 Å². The summed E-state index contributed by atoms with van der Waals surface area (Å²) in [6, 6.07) is 4.69. The van der Waals surface area contributed by atoms with Crippen LogP contribution in [0.4, 0.5) is 0 Å². The van der Waals surface area contributed by atoms with Gasteiger partial charge in [0.05, 0.1) is 19.5 Å². The van der Waals surface area contributed by atoms with E-state index in [1.54, 1.807) is 18.7 Å². The molecule has 2 fully saturated rings. The van der Waals surface area contributed by atoms with Gasteiger partial charge in [0.2, 0.25) is 5.91 Å². The minimum atomic E-state index is -0.981. The Kier molecular flexibility index (Phi) is 7.75. The number of nitrogens with one attached hydrogen (secondary N) is 1. The highest BCUT2D eigenvalue weighted by atomic mass is 16.5. The van der Waals surface area contributed by atoms with Gasteiger partial charge >= 0.3 is 11.9 Å². The number of benzene rings is 2. The highest BCUT2D eigenvalue weighted by Gasteiger charge is 2.49. The van der Waals surface area contributed by atoms with Gasteiger partial charge in [0.1, 0.15) is 18.7 Å². The number of hydrogen-bond acceptors (Lipinski definition) is 6. The molecule has 38 heavy (non-hydrogen) atoms. The molecule has 5 atom stereocenters. The van der Waals surface area contributed by atoms with Gasteiger partial charge in [-0.3, -0.25) is 14.9 Å². The van der Waals surface area contributed by atoms with Gasteiger partial charge in [0.15, 0.2) is 0 Å². The van der Waals surface area contributed by atoms with E-state index in [-0.39, 0.29) is 61.6 Å². The first-order valence-electron chi connectivity index (χ1n) is 16.1. The average Bonchev–Trinajstić information content (AvgIpc) is 3.41. The standard InChI is InChI=1S/C31H40N2O5/c1-3-37-30(35)26(19-18-23-12-6-4-7-13-23)32-22(2)29(34)33-27-17-11-10-16-25(27)20-28(33)31(36)38-21-24-14-8-5-9-15-24/h4-9,12-15,22,25-28,32H,3,10-11,16-21H2,1-2H3/t22-,25+,26+,27-,28-/m0/s1/i4D,6D,7D,12D,13D. The molecule has 1 amide bonds. The zero-order valence-electron chi connectivity index (χ0n) is 27.1. The van der Waals surface area contributed by atoms with Gasteiger partial charge in [-0.15, -0.1) is 0 Å². The largest absolute Gasteiger partial charge is 0.465 e. The fourth-order valence-electron chi connectivity index (χ4n) is 5.61.